The molecule has 1 amide bonds. The molecule has 0 saturated heterocycles. The van der Waals surface area contributed by atoms with Crippen LogP contribution in [-0.4, -0.2) is 32.6 Å². The number of aliphatic hydroxyl groups is 2. The van der Waals surface area contributed by atoms with Crippen molar-refractivity contribution in [3.05, 3.63) is 71.8 Å². The molecule has 5 heteroatoms. The molecule has 2 N–H and O–H groups in total. The standard InChI is InChI=1S/C16H14N2O3/c19-15-16(20,21)14(13-9-5-2-6-10-13)17-18(15)11-12-7-3-1-4-8-12/h1-10,20-21H,11H2. The van der Waals surface area contributed by atoms with Gasteiger partial charge in [0, 0.05) is 5.56 Å². The van der Waals surface area contributed by atoms with E-state index in [1.807, 2.05) is 30.3 Å². The number of benzene rings is 2. The van der Waals surface area contributed by atoms with Crippen LogP contribution < -0.4 is 0 Å². The van der Waals surface area contributed by atoms with Gasteiger partial charge in [0.05, 0.1) is 6.54 Å². The Morgan fingerprint density at radius 3 is 2.14 bits per heavy atom. The number of hydrogen-bond donors (Lipinski definition) is 2. The predicted octanol–water partition coefficient (Wildman–Crippen LogP) is 1.11. The summed E-state index contributed by atoms with van der Waals surface area (Å²) in [6.45, 7) is 0.193. The molecular weight excluding hydrogens is 268 g/mol. The zero-order valence-corrected chi connectivity index (χ0v) is 11.2. The van der Waals surface area contributed by atoms with Crippen LogP contribution in [0.4, 0.5) is 0 Å². The molecule has 0 aromatic heterocycles. The molecule has 0 aliphatic carbocycles. The summed E-state index contributed by atoms with van der Waals surface area (Å²) in [4.78, 5) is 12.1. The van der Waals surface area contributed by atoms with Crippen LogP contribution in [0.15, 0.2) is 65.8 Å². The molecule has 106 valence electrons. The molecule has 2 aromatic rings. The van der Waals surface area contributed by atoms with E-state index in [4.69, 9.17) is 0 Å². The predicted molar refractivity (Wildman–Crippen MR) is 77.1 cm³/mol. The summed E-state index contributed by atoms with van der Waals surface area (Å²) in [5.41, 5.74) is 1.31. The average molecular weight is 282 g/mol. The second-order valence-corrected chi connectivity index (χ2v) is 4.84. The van der Waals surface area contributed by atoms with Gasteiger partial charge in [0.25, 0.3) is 5.79 Å². The van der Waals surface area contributed by atoms with Gasteiger partial charge in [-0.1, -0.05) is 60.7 Å². The van der Waals surface area contributed by atoms with Crippen LogP contribution in [0.3, 0.4) is 0 Å². The molecule has 0 unspecified atom stereocenters. The van der Waals surface area contributed by atoms with Crippen LogP contribution in [0.25, 0.3) is 0 Å². The maximum Gasteiger partial charge on any atom is 0.309 e. The molecule has 21 heavy (non-hydrogen) atoms. The third-order valence-corrected chi connectivity index (χ3v) is 3.31. The van der Waals surface area contributed by atoms with Crippen molar-refractivity contribution in [2.45, 2.75) is 12.3 Å². The average Bonchev–Trinajstić information content (AvgIpc) is 2.73. The number of carbonyl (C=O) groups is 1. The molecule has 1 aliphatic rings. The SMILES string of the molecule is O=C1N(Cc2ccccc2)N=C(c2ccccc2)C1(O)O. The highest BCUT2D eigenvalue weighted by molar-refractivity contribution is 6.20. The highest BCUT2D eigenvalue weighted by atomic mass is 16.5. The normalized spacial score (nSPS) is 17.0. The van der Waals surface area contributed by atoms with Crippen molar-refractivity contribution in [2.75, 3.05) is 0 Å². The van der Waals surface area contributed by atoms with Gasteiger partial charge in [0.1, 0.15) is 5.71 Å². The summed E-state index contributed by atoms with van der Waals surface area (Å²) in [6, 6.07) is 17.9. The number of rotatable bonds is 3. The van der Waals surface area contributed by atoms with E-state index in [1.54, 1.807) is 30.3 Å². The lowest BCUT2D eigenvalue weighted by molar-refractivity contribution is -0.168. The zero-order valence-electron chi connectivity index (χ0n) is 11.2. The number of amides is 1. The van der Waals surface area contributed by atoms with Crippen molar-refractivity contribution >= 4 is 11.6 Å². The Morgan fingerprint density at radius 1 is 0.952 bits per heavy atom. The minimum Gasteiger partial charge on any atom is -0.353 e. The van der Waals surface area contributed by atoms with Gasteiger partial charge in [-0.05, 0) is 5.56 Å². The topological polar surface area (TPSA) is 73.1 Å². The highest BCUT2D eigenvalue weighted by Gasteiger charge is 2.49. The van der Waals surface area contributed by atoms with Crippen molar-refractivity contribution in [1.29, 1.82) is 0 Å². The molecule has 1 heterocycles. The smallest absolute Gasteiger partial charge is 0.309 e. The fourth-order valence-corrected chi connectivity index (χ4v) is 2.24. The minimum absolute atomic E-state index is 0.0518. The maximum atomic E-state index is 12.1. The van der Waals surface area contributed by atoms with E-state index < -0.39 is 11.7 Å². The lowest BCUT2D eigenvalue weighted by Gasteiger charge is -2.17. The van der Waals surface area contributed by atoms with Crippen LogP contribution in [0.5, 0.6) is 0 Å². The van der Waals surface area contributed by atoms with Gasteiger partial charge in [-0.2, -0.15) is 5.10 Å². The van der Waals surface area contributed by atoms with E-state index in [0.29, 0.717) is 5.56 Å². The minimum atomic E-state index is -2.59. The number of carbonyl (C=O) groups excluding carboxylic acids is 1. The Hall–Kier alpha value is -2.50. The van der Waals surface area contributed by atoms with Gasteiger partial charge in [0.15, 0.2) is 0 Å². The molecule has 5 nitrogen and oxygen atoms in total. The molecule has 0 atom stereocenters. The fourth-order valence-electron chi connectivity index (χ4n) is 2.24. The van der Waals surface area contributed by atoms with Crippen LogP contribution in [0, 0.1) is 0 Å². The van der Waals surface area contributed by atoms with Crippen molar-refractivity contribution in [3.8, 4) is 0 Å². The van der Waals surface area contributed by atoms with Gasteiger partial charge in [0.2, 0.25) is 0 Å². The monoisotopic (exact) mass is 282 g/mol. The molecule has 3 rings (SSSR count). The molecule has 0 fully saturated rings. The number of nitrogens with zero attached hydrogens (tertiary/aromatic N) is 2. The van der Waals surface area contributed by atoms with Crippen LogP contribution in [0.1, 0.15) is 11.1 Å². The summed E-state index contributed by atoms with van der Waals surface area (Å²) >= 11 is 0. The van der Waals surface area contributed by atoms with Crippen molar-refractivity contribution < 1.29 is 15.0 Å². The highest BCUT2D eigenvalue weighted by Crippen LogP contribution is 2.24. The first kappa shape index (κ1) is 13.5. The van der Waals surface area contributed by atoms with Gasteiger partial charge in [-0.15, -0.1) is 0 Å². The Bertz CT molecular complexity index is 681. The van der Waals surface area contributed by atoms with Gasteiger partial charge >= 0.3 is 5.91 Å². The summed E-state index contributed by atoms with van der Waals surface area (Å²) in [7, 11) is 0. The van der Waals surface area contributed by atoms with E-state index in [2.05, 4.69) is 5.10 Å². The zero-order chi connectivity index (χ0) is 14.9. The molecule has 0 saturated carbocycles. The van der Waals surface area contributed by atoms with Gasteiger partial charge in [-0.25, -0.2) is 5.01 Å². The summed E-state index contributed by atoms with van der Waals surface area (Å²) in [6.07, 6.45) is 0. The Balaban J connectivity index is 1.93. The first-order chi connectivity index (χ1) is 10.1. The van der Waals surface area contributed by atoms with Crippen LogP contribution >= 0.6 is 0 Å². The van der Waals surface area contributed by atoms with Crippen molar-refractivity contribution in [3.63, 3.8) is 0 Å². The van der Waals surface area contributed by atoms with E-state index in [-0.39, 0.29) is 12.3 Å². The van der Waals surface area contributed by atoms with Gasteiger partial charge < -0.3 is 10.2 Å². The molecule has 0 bridgehead atoms. The third-order valence-electron chi connectivity index (χ3n) is 3.31. The Kier molecular flexibility index (Phi) is 3.29. The Morgan fingerprint density at radius 2 is 1.52 bits per heavy atom. The molecule has 0 spiro atoms. The van der Waals surface area contributed by atoms with Crippen LogP contribution in [0.2, 0.25) is 0 Å². The summed E-state index contributed by atoms with van der Waals surface area (Å²) in [5.74, 6) is -3.43. The molecule has 0 radical (unpaired) electrons. The van der Waals surface area contributed by atoms with Crippen molar-refractivity contribution in [2.24, 2.45) is 5.10 Å². The first-order valence-electron chi connectivity index (χ1n) is 6.54. The van der Waals surface area contributed by atoms with Gasteiger partial charge in [-0.3, -0.25) is 4.79 Å². The Labute approximate surface area is 121 Å². The molecule has 2 aromatic carbocycles. The lowest BCUT2D eigenvalue weighted by atomic mass is 10.0. The van der Waals surface area contributed by atoms with Crippen molar-refractivity contribution in [1.82, 2.24) is 5.01 Å². The quantitative estimate of drug-likeness (QED) is 0.828. The fraction of sp³-hybridized carbons (Fsp3) is 0.125. The summed E-state index contributed by atoms with van der Waals surface area (Å²) < 4.78 is 0. The molecular formula is C16H14N2O3. The number of hydrogen-bond acceptors (Lipinski definition) is 4. The maximum absolute atomic E-state index is 12.1. The van der Waals surface area contributed by atoms with Crippen LogP contribution in [-0.2, 0) is 11.3 Å². The lowest BCUT2D eigenvalue weighted by Crippen LogP contribution is -2.46. The van der Waals surface area contributed by atoms with E-state index in [9.17, 15) is 15.0 Å². The second-order valence-electron chi connectivity index (χ2n) is 4.84. The van der Waals surface area contributed by atoms with E-state index in [1.165, 1.54) is 0 Å². The summed E-state index contributed by atoms with van der Waals surface area (Å²) in [5, 5.41) is 25.3. The molecule has 1 aliphatic heterocycles. The number of hydrazone groups is 1. The third kappa shape index (κ3) is 2.44. The van der Waals surface area contributed by atoms with E-state index >= 15 is 0 Å². The second kappa shape index (κ2) is 5.12. The first-order valence-corrected chi connectivity index (χ1v) is 6.54. The largest absolute Gasteiger partial charge is 0.353 e. The van der Waals surface area contributed by atoms with E-state index in [0.717, 1.165) is 10.6 Å².